The van der Waals surface area contributed by atoms with E-state index >= 15 is 0 Å². The molecule has 0 saturated carbocycles. The number of fused-ring (bicyclic) bond motifs is 2. The maximum Gasteiger partial charge on any atom is 0.164 e. The number of hydrogen-bond donors (Lipinski definition) is 1. The molecule has 2 aromatic rings. The van der Waals surface area contributed by atoms with Crippen LogP contribution in [-0.4, -0.2) is 50.8 Å². The van der Waals surface area contributed by atoms with Crippen LogP contribution in [0.1, 0.15) is 42.9 Å². The minimum atomic E-state index is -0.0913. The molecule has 31 heavy (non-hydrogen) atoms. The number of ether oxygens (including phenoxy) is 3. The highest BCUT2D eigenvalue weighted by Crippen LogP contribution is 2.34. The van der Waals surface area contributed by atoms with Crippen LogP contribution in [0.5, 0.6) is 17.2 Å². The molecule has 1 N–H and O–H groups in total. The van der Waals surface area contributed by atoms with Crippen molar-refractivity contribution in [3.05, 3.63) is 53.6 Å². The number of rotatable bonds is 9. The Morgan fingerprint density at radius 3 is 2.39 bits per heavy atom. The Labute approximate surface area is 184 Å². The lowest BCUT2D eigenvalue weighted by atomic mass is 10.0. The summed E-state index contributed by atoms with van der Waals surface area (Å²) in [7, 11) is 3.25. The second-order valence-electron chi connectivity index (χ2n) is 8.28. The van der Waals surface area contributed by atoms with Crippen LogP contribution in [0.25, 0.3) is 0 Å². The van der Waals surface area contributed by atoms with Crippen molar-refractivity contribution in [3.8, 4) is 23.3 Å². The molecule has 0 spiro atoms. The molecule has 6 nitrogen and oxygen atoms in total. The summed E-state index contributed by atoms with van der Waals surface area (Å²) in [5.41, 5.74) is 1.74. The number of piperazine rings is 1. The van der Waals surface area contributed by atoms with Crippen LogP contribution in [0.3, 0.4) is 0 Å². The zero-order valence-electron chi connectivity index (χ0n) is 18.3. The fourth-order valence-corrected chi connectivity index (χ4v) is 4.81. The van der Waals surface area contributed by atoms with Gasteiger partial charge in [-0.05, 0) is 62.1 Å². The number of nitrogens with zero attached hydrogens (tertiary/aromatic N) is 2. The molecular weight excluding hydrogens is 390 g/mol. The van der Waals surface area contributed by atoms with Crippen LogP contribution >= 0.6 is 0 Å². The van der Waals surface area contributed by atoms with E-state index in [0.29, 0.717) is 29.1 Å². The topological polar surface area (TPSA) is 66.8 Å². The third-order valence-electron chi connectivity index (χ3n) is 6.46. The van der Waals surface area contributed by atoms with Crippen LogP contribution in [-0.2, 0) is 0 Å². The highest BCUT2D eigenvalue weighted by atomic mass is 16.5. The van der Waals surface area contributed by atoms with E-state index in [9.17, 15) is 0 Å². The zero-order chi connectivity index (χ0) is 21.6. The van der Waals surface area contributed by atoms with E-state index in [0.717, 1.165) is 43.8 Å². The van der Waals surface area contributed by atoms with E-state index in [-0.39, 0.29) is 6.10 Å². The van der Waals surface area contributed by atoms with Crippen LogP contribution in [0.15, 0.2) is 42.5 Å². The average Bonchev–Trinajstić information content (AvgIpc) is 3.03. The Bertz CT molecular complexity index is 893. The molecule has 164 valence electrons. The molecular formula is C25H31N3O3. The van der Waals surface area contributed by atoms with Crippen molar-refractivity contribution in [2.75, 3.05) is 33.9 Å². The van der Waals surface area contributed by atoms with Gasteiger partial charge in [-0.25, -0.2) is 0 Å². The Morgan fingerprint density at radius 1 is 1.03 bits per heavy atom. The van der Waals surface area contributed by atoms with Crippen molar-refractivity contribution in [1.29, 1.82) is 5.26 Å². The second-order valence-corrected chi connectivity index (χ2v) is 8.28. The molecule has 2 aliphatic heterocycles. The van der Waals surface area contributed by atoms with E-state index < -0.39 is 0 Å². The summed E-state index contributed by atoms with van der Waals surface area (Å²) < 4.78 is 17.2. The Morgan fingerprint density at radius 2 is 1.74 bits per heavy atom. The van der Waals surface area contributed by atoms with E-state index in [1.807, 2.05) is 42.5 Å². The third kappa shape index (κ3) is 4.95. The molecule has 0 amide bonds. The van der Waals surface area contributed by atoms with Gasteiger partial charge in [-0.2, -0.15) is 5.26 Å². The van der Waals surface area contributed by atoms with Gasteiger partial charge in [0.2, 0.25) is 0 Å². The second kappa shape index (κ2) is 10.0. The monoisotopic (exact) mass is 421 g/mol. The quantitative estimate of drug-likeness (QED) is 0.662. The number of hydrogen-bond acceptors (Lipinski definition) is 6. The molecule has 3 unspecified atom stereocenters. The van der Waals surface area contributed by atoms with Gasteiger partial charge in [0.15, 0.2) is 11.5 Å². The normalized spacial score (nSPS) is 21.3. The largest absolute Gasteiger partial charge is 0.493 e. The van der Waals surface area contributed by atoms with Crippen molar-refractivity contribution in [2.45, 2.75) is 43.9 Å². The lowest BCUT2D eigenvalue weighted by molar-refractivity contribution is 0.135. The molecule has 0 aromatic heterocycles. The highest BCUT2D eigenvalue weighted by Gasteiger charge is 2.35. The molecule has 2 bridgehead atoms. The van der Waals surface area contributed by atoms with Gasteiger partial charge in [-0.15, -0.1) is 0 Å². The van der Waals surface area contributed by atoms with Gasteiger partial charge in [0.05, 0.1) is 25.9 Å². The predicted molar refractivity (Wildman–Crippen MR) is 120 cm³/mol. The highest BCUT2D eigenvalue weighted by molar-refractivity contribution is 5.45. The maximum absolute atomic E-state index is 9.13. The van der Waals surface area contributed by atoms with Gasteiger partial charge in [-0.1, -0.05) is 12.1 Å². The van der Waals surface area contributed by atoms with E-state index in [1.54, 1.807) is 14.2 Å². The van der Waals surface area contributed by atoms with Gasteiger partial charge in [0, 0.05) is 31.2 Å². The summed E-state index contributed by atoms with van der Waals surface area (Å²) in [5.74, 6) is 2.07. The summed E-state index contributed by atoms with van der Waals surface area (Å²) in [6.07, 6.45) is 4.48. The molecule has 6 heteroatoms. The fourth-order valence-electron chi connectivity index (χ4n) is 4.81. The lowest BCUT2D eigenvalue weighted by Crippen LogP contribution is -2.51. The van der Waals surface area contributed by atoms with Crippen molar-refractivity contribution >= 4 is 0 Å². The van der Waals surface area contributed by atoms with Crippen LogP contribution in [0.2, 0.25) is 0 Å². The summed E-state index contributed by atoms with van der Waals surface area (Å²) in [6, 6.07) is 16.9. The van der Waals surface area contributed by atoms with Crippen molar-refractivity contribution in [3.63, 3.8) is 0 Å². The molecule has 4 rings (SSSR count). The fraction of sp³-hybridized carbons (Fsp3) is 0.480. The Kier molecular flexibility index (Phi) is 6.96. The smallest absolute Gasteiger partial charge is 0.164 e. The summed E-state index contributed by atoms with van der Waals surface area (Å²) >= 11 is 0. The molecule has 2 aliphatic rings. The third-order valence-corrected chi connectivity index (χ3v) is 6.46. The van der Waals surface area contributed by atoms with E-state index in [2.05, 4.69) is 16.3 Å². The number of nitrogens with one attached hydrogen (secondary N) is 1. The Hall–Kier alpha value is -2.75. The first-order chi connectivity index (χ1) is 15.2. The molecule has 3 atom stereocenters. The molecule has 2 fully saturated rings. The lowest BCUT2D eigenvalue weighted by Gasteiger charge is -2.35. The zero-order valence-corrected chi connectivity index (χ0v) is 18.3. The minimum absolute atomic E-state index is 0.0913. The number of nitriles is 1. The van der Waals surface area contributed by atoms with Crippen LogP contribution < -0.4 is 19.5 Å². The SMILES string of the molecule is COc1ccc(OC(CCCN2C3CCC2CNC3)c2ccc(C#N)cc2)cc1OC. The van der Waals surface area contributed by atoms with Crippen molar-refractivity contribution in [1.82, 2.24) is 10.2 Å². The predicted octanol–water partition coefficient (Wildman–Crippen LogP) is 3.91. The standard InChI is InChI=1S/C25H31N3O3/c1-29-24-12-11-22(14-25(24)30-2)31-23(19-7-5-18(15-26)6-8-19)4-3-13-28-20-9-10-21(28)17-27-16-20/h5-8,11-12,14,20-21,23,27H,3-4,9-10,13,16-17H2,1-2H3. The number of methoxy groups -OCH3 is 2. The molecule has 0 radical (unpaired) electrons. The van der Waals surface area contributed by atoms with Gasteiger partial charge in [-0.3, -0.25) is 4.90 Å². The van der Waals surface area contributed by atoms with Crippen LogP contribution in [0.4, 0.5) is 0 Å². The first-order valence-corrected chi connectivity index (χ1v) is 11.1. The molecule has 0 aliphatic carbocycles. The number of benzene rings is 2. The average molecular weight is 422 g/mol. The summed E-state index contributed by atoms with van der Waals surface area (Å²) in [6.45, 7) is 3.31. The summed E-state index contributed by atoms with van der Waals surface area (Å²) in [4.78, 5) is 2.68. The van der Waals surface area contributed by atoms with Crippen molar-refractivity contribution < 1.29 is 14.2 Å². The van der Waals surface area contributed by atoms with E-state index in [4.69, 9.17) is 19.5 Å². The van der Waals surface area contributed by atoms with Gasteiger partial charge < -0.3 is 19.5 Å². The maximum atomic E-state index is 9.13. The Balaban J connectivity index is 1.47. The molecule has 2 heterocycles. The molecule has 2 aromatic carbocycles. The van der Waals surface area contributed by atoms with E-state index in [1.165, 1.54) is 12.8 Å². The van der Waals surface area contributed by atoms with Gasteiger partial charge in [0.1, 0.15) is 11.9 Å². The molecule has 2 saturated heterocycles. The first-order valence-electron chi connectivity index (χ1n) is 11.1. The van der Waals surface area contributed by atoms with Crippen LogP contribution in [0, 0.1) is 11.3 Å². The minimum Gasteiger partial charge on any atom is -0.493 e. The van der Waals surface area contributed by atoms with Crippen molar-refractivity contribution in [2.24, 2.45) is 0 Å². The van der Waals surface area contributed by atoms with Gasteiger partial charge in [0.25, 0.3) is 0 Å². The first kappa shape index (κ1) is 21.5. The van der Waals surface area contributed by atoms with Gasteiger partial charge >= 0.3 is 0 Å². The summed E-state index contributed by atoms with van der Waals surface area (Å²) in [5, 5.41) is 12.7.